The Morgan fingerprint density at radius 3 is 2.88 bits per heavy atom. The van der Waals surface area contributed by atoms with Gasteiger partial charge in [-0.05, 0) is 6.07 Å². The lowest BCUT2D eigenvalue weighted by molar-refractivity contribution is -0.383. The SMILES string of the molecule is O=C([O-])Cn1nnc2c([N+](=O)[O-])cccc21. The molecule has 0 saturated carbocycles. The van der Waals surface area contributed by atoms with Gasteiger partial charge in [-0.25, -0.2) is 4.68 Å². The number of hydrogen-bond acceptors (Lipinski definition) is 6. The minimum Gasteiger partial charge on any atom is -0.548 e. The molecule has 0 fully saturated rings. The molecular weight excluding hydrogens is 216 g/mol. The van der Waals surface area contributed by atoms with Crippen LogP contribution in [0.5, 0.6) is 0 Å². The molecule has 0 N–H and O–H groups in total. The Labute approximate surface area is 88.2 Å². The number of nitrogens with zero attached hydrogens (tertiary/aromatic N) is 4. The van der Waals surface area contributed by atoms with Crippen LogP contribution in [-0.2, 0) is 11.3 Å². The highest BCUT2D eigenvalue weighted by Gasteiger charge is 2.16. The van der Waals surface area contributed by atoms with Crippen molar-refractivity contribution in [2.75, 3.05) is 0 Å². The predicted octanol–water partition coefficient (Wildman–Crippen LogP) is -0.911. The zero-order chi connectivity index (χ0) is 11.7. The Hall–Kier alpha value is -2.51. The van der Waals surface area contributed by atoms with Gasteiger partial charge in [0.25, 0.3) is 5.69 Å². The molecule has 2 rings (SSSR count). The Morgan fingerprint density at radius 1 is 1.50 bits per heavy atom. The number of carbonyl (C=O) groups excluding carboxylic acids is 1. The van der Waals surface area contributed by atoms with E-state index in [9.17, 15) is 20.0 Å². The zero-order valence-electron chi connectivity index (χ0n) is 7.86. The number of benzene rings is 1. The molecule has 0 unspecified atom stereocenters. The molecule has 0 bridgehead atoms. The van der Waals surface area contributed by atoms with Crippen molar-refractivity contribution >= 4 is 22.7 Å². The first-order valence-corrected chi connectivity index (χ1v) is 4.26. The van der Waals surface area contributed by atoms with Crippen LogP contribution in [0.4, 0.5) is 5.69 Å². The number of fused-ring (bicyclic) bond motifs is 1. The van der Waals surface area contributed by atoms with Crippen LogP contribution in [0.15, 0.2) is 18.2 Å². The van der Waals surface area contributed by atoms with Crippen LogP contribution in [0.3, 0.4) is 0 Å². The van der Waals surface area contributed by atoms with Gasteiger partial charge < -0.3 is 9.90 Å². The molecule has 1 heterocycles. The molecule has 0 amide bonds. The number of non-ortho nitro benzene ring substituents is 1. The van der Waals surface area contributed by atoms with Gasteiger partial charge in [0.05, 0.1) is 23.0 Å². The molecule has 0 radical (unpaired) electrons. The van der Waals surface area contributed by atoms with Crippen molar-refractivity contribution in [1.82, 2.24) is 15.0 Å². The van der Waals surface area contributed by atoms with Crippen LogP contribution in [0, 0.1) is 10.1 Å². The molecule has 8 heteroatoms. The van der Waals surface area contributed by atoms with Gasteiger partial charge in [-0.3, -0.25) is 10.1 Å². The van der Waals surface area contributed by atoms with Crippen molar-refractivity contribution < 1.29 is 14.8 Å². The van der Waals surface area contributed by atoms with Crippen molar-refractivity contribution in [3.63, 3.8) is 0 Å². The van der Waals surface area contributed by atoms with E-state index in [1.54, 1.807) is 0 Å². The molecule has 0 aliphatic carbocycles. The van der Waals surface area contributed by atoms with E-state index in [4.69, 9.17) is 0 Å². The van der Waals surface area contributed by atoms with Crippen LogP contribution in [0.1, 0.15) is 0 Å². The number of carbonyl (C=O) groups is 1. The molecule has 16 heavy (non-hydrogen) atoms. The van der Waals surface area contributed by atoms with E-state index in [0.29, 0.717) is 5.52 Å². The van der Waals surface area contributed by atoms with Crippen molar-refractivity contribution in [2.24, 2.45) is 0 Å². The molecule has 0 aliphatic rings. The summed E-state index contributed by atoms with van der Waals surface area (Å²) in [5, 5.41) is 28.1. The van der Waals surface area contributed by atoms with Gasteiger partial charge in [0, 0.05) is 6.07 Å². The summed E-state index contributed by atoms with van der Waals surface area (Å²) in [7, 11) is 0. The summed E-state index contributed by atoms with van der Waals surface area (Å²) in [4.78, 5) is 20.4. The van der Waals surface area contributed by atoms with Crippen molar-refractivity contribution in [3.05, 3.63) is 28.3 Å². The molecule has 1 aromatic heterocycles. The van der Waals surface area contributed by atoms with Crippen LogP contribution < -0.4 is 5.11 Å². The van der Waals surface area contributed by atoms with Gasteiger partial charge >= 0.3 is 0 Å². The summed E-state index contributed by atoms with van der Waals surface area (Å²) in [6.07, 6.45) is 0. The van der Waals surface area contributed by atoms with Gasteiger partial charge in [0.1, 0.15) is 0 Å². The van der Waals surface area contributed by atoms with Gasteiger partial charge in [0.15, 0.2) is 5.52 Å². The van der Waals surface area contributed by atoms with Crippen molar-refractivity contribution in [2.45, 2.75) is 6.54 Å². The summed E-state index contributed by atoms with van der Waals surface area (Å²) >= 11 is 0. The second kappa shape index (κ2) is 3.57. The maximum Gasteiger partial charge on any atom is 0.299 e. The maximum absolute atomic E-state index is 10.6. The van der Waals surface area contributed by atoms with E-state index in [2.05, 4.69) is 10.3 Å². The second-order valence-electron chi connectivity index (χ2n) is 3.02. The van der Waals surface area contributed by atoms with Gasteiger partial charge in [-0.1, -0.05) is 11.3 Å². The number of nitro groups is 1. The molecule has 2 aromatic rings. The number of carboxylic acid groups (broad SMARTS) is 1. The van der Waals surface area contributed by atoms with E-state index in [1.807, 2.05) is 0 Å². The number of hydrogen-bond donors (Lipinski definition) is 0. The minimum absolute atomic E-state index is 0.0637. The lowest BCUT2D eigenvalue weighted by atomic mass is 10.2. The van der Waals surface area contributed by atoms with E-state index < -0.39 is 17.4 Å². The Kier molecular flexibility index (Phi) is 2.24. The van der Waals surface area contributed by atoms with Gasteiger partial charge in [0.2, 0.25) is 0 Å². The highest BCUT2D eigenvalue weighted by atomic mass is 16.6. The molecule has 0 saturated heterocycles. The van der Waals surface area contributed by atoms with Crippen LogP contribution >= 0.6 is 0 Å². The Balaban J connectivity index is 2.61. The highest BCUT2D eigenvalue weighted by molar-refractivity contribution is 5.84. The molecule has 0 spiro atoms. The quantitative estimate of drug-likeness (QED) is 0.489. The number of aromatic nitrogens is 3. The Bertz CT molecular complexity index is 576. The fourth-order valence-corrected chi connectivity index (χ4v) is 1.36. The first-order valence-electron chi connectivity index (χ1n) is 4.26. The number of aliphatic carboxylic acids is 1. The average molecular weight is 221 g/mol. The first kappa shape index (κ1) is 10.0. The topological polar surface area (TPSA) is 114 Å². The summed E-state index contributed by atoms with van der Waals surface area (Å²) in [5.41, 5.74) is 0.147. The maximum atomic E-state index is 10.6. The van der Waals surface area contributed by atoms with Crippen molar-refractivity contribution in [3.8, 4) is 0 Å². The highest BCUT2D eigenvalue weighted by Crippen LogP contribution is 2.22. The standard InChI is InChI=1S/C8H6N4O4/c13-7(14)4-11-5-2-1-3-6(12(15)16)8(5)9-10-11/h1-3H,4H2,(H,13,14)/p-1. The molecule has 8 nitrogen and oxygen atoms in total. The average Bonchev–Trinajstić information content (AvgIpc) is 2.60. The van der Waals surface area contributed by atoms with Crippen LogP contribution in [0.25, 0.3) is 11.0 Å². The van der Waals surface area contributed by atoms with E-state index in [-0.39, 0.29) is 11.2 Å². The van der Waals surface area contributed by atoms with Gasteiger partial charge in [-0.2, -0.15) is 0 Å². The van der Waals surface area contributed by atoms with E-state index >= 15 is 0 Å². The third kappa shape index (κ3) is 1.56. The van der Waals surface area contributed by atoms with Crippen LogP contribution in [0.2, 0.25) is 0 Å². The number of carboxylic acids is 1. The van der Waals surface area contributed by atoms with E-state index in [1.165, 1.54) is 18.2 Å². The third-order valence-electron chi connectivity index (χ3n) is 2.00. The molecule has 82 valence electrons. The third-order valence-corrected chi connectivity index (χ3v) is 2.00. The number of nitro benzene ring substituents is 1. The monoisotopic (exact) mass is 221 g/mol. The lowest BCUT2D eigenvalue weighted by Crippen LogP contribution is -2.27. The summed E-state index contributed by atoms with van der Waals surface area (Å²) in [6, 6.07) is 4.22. The fraction of sp³-hybridized carbons (Fsp3) is 0.125. The number of rotatable bonds is 3. The normalized spacial score (nSPS) is 10.5. The second-order valence-corrected chi connectivity index (χ2v) is 3.02. The Morgan fingerprint density at radius 2 is 2.25 bits per heavy atom. The summed E-state index contributed by atoms with van der Waals surface area (Å²) in [5.74, 6) is -1.33. The summed E-state index contributed by atoms with van der Waals surface area (Å²) in [6.45, 7) is -0.488. The lowest BCUT2D eigenvalue weighted by Gasteiger charge is -2.01. The van der Waals surface area contributed by atoms with Crippen molar-refractivity contribution in [1.29, 1.82) is 0 Å². The minimum atomic E-state index is -1.33. The van der Waals surface area contributed by atoms with E-state index in [0.717, 1.165) is 4.68 Å². The first-order chi connectivity index (χ1) is 7.59. The molecule has 0 atom stereocenters. The molecular formula is C8H5N4O4-. The zero-order valence-corrected chi connectivity index (χ0v) is 7.86. The molecule has 0 aliphatic heterocycles. The summed E-state index contributed by atoms with van der Waals surface area (Å²) < 4.78 is 1.04. The fourth-order valence-electron chi connectivity index (χ4n) is 1.36. The predicted molar refractivity (Wildman–Crippen MR) is 49.2 cm³/mol. The van der Waals surface area contributed by atoms with Crippen LogP contribution in [-0.4, -0.2) is 25.9 Å². The largest absolute Gasteiger partial charge is 0.548 e. The molecule has 1 aromatic carbocycles. The van der Waals surface area contributed by atoms with Gasteiger partial charge in [-0.15, -0.1) is 5.10 Å². The smallest absolute Gasteiger partial charge is 0.299 e.